The quantitative estimate of drug-likeness (QED) is 0.735. The van der Waals surface area contributed by atoms with Crippen molar-refractivity contribution in [3.8, 4) is 0 Å². The Bertz CT molecular complexity index is 282. The zero-order chi connectivity index (χ0) is 10.4. The second kappa shape index (κ2) is 5.40. The third-order valence-corrected chi connectivity index (χ3v) is 1.98. The normalized spacial score (nSPS) is 12.1. The Kier molecular flexibility index (Phi) is 4.13. The molecule has 0 heterocycles. The number of aliphatic hydroxyl groups excluding tert-OH is 1. The lowest BCUT2D eigenvalue weighted by molar-refractivity contribution is -0.141. The fourth-order valence-corrected chi connectivity index (χ4v) is 1.20. The van der Waals surface area contributed by atoms with Gasteiger partial charge in [-0.25, -0.2) is 0 Å². The number of benzene rings is 1. The number of carbonyl (C=O) groups excluding carboxylic acids is 1. The van der Waals surface area contributed by atoms with Crippen LogP contribution >= 0.6 is 0 Å². The van der Waals surface area contributed by atoms with E-state index in [9.17, 15) is 4.79 Å². The maximum Gasteiger partial charge on any atom is 0.302 e. The molecule has 76 valence electrons. The van der Waals surface area contributed by atoms with Crippen molar-refractivity contribution in [3.63, 3.8) is 0 Å². The highest BCUT2D eigenvalue weighted by molar-refractivity contribution is 5.65. The molecule has 0 aliphatic rings. The topological polar surface area (TPSA) is 46.5 Å². The van der Waals surface area contributed by atoms with Crippen LogP contribution in [0.2, 0.25) is 0 Å². The average molecular weight is 194 g/mol. The lowest BCUT2D eigenvalue weighted by Gasteiger charge is -2.13. The Morgan fingerprint density at radius 3 is 2.57 bits per heavy atom. The van der Waals surface area contributed by atoms with Gasteiger partial charge in [0, 0.05) is 12.8 Å². The Hall–Kier alpha value is -1.35. The molecule has 0 fully saturated rings. The summed E-state index contributed by atoms with van der Waals surface area (Å²) in [5.74, 6) is -0.445. The molecule has 0 spiro atoms. The van der Waals surface area contributed by atoms with Crippen molar-refractivity contribution in [1.82, 2.24) is 0 Å². The molecule has 14 heavy (non-hydrogen) atoms. The van der Waals surface area contributed by atoms with E-state index in [1.807, 2.05) is 30.3 Å². The van der Waals surface area contributed by atoms with Crippen molar-refractivity contribution in [2.75, 3.05) is 13.2 Å². The first-order valence-electron chi connectivity index (χ1n) is 4.53. The van der Waals surface area contributed by atoms with E-state index in [4.69, 9.17) is 9.84 Å². The fraction of sp³-hybridized carbons (Fsp3) is 0.364. The van der Waals surface area contributed by atoms with Gasteiger partial charge < -0.3 is 9.84 Å². The van der Waals surface area contributed by atoms with Crippen LogP contribution in [0, 0.1) is 0 Å². The predicted octanol–water partition coefficient (Wildman–Crippen LogP) is 1.33. The zero-order valence-electron chi connectivity index (χ0n) is 8.14. The minimum Gasteiger partial charge on any atom is -0.465 e. The van der Waals surface area contributed by atoms with Gasteiger partial charge in [-0.15, -0.1) is 0 Å². The van der Waals surface area contributed by atoms with Gasteiger partial charge in [-0.05, 0) is 5.56 Å². The zero-order valence-corrected chi connectivity index (χ0v) is 8.14. The van der Waals surface area contributed by atoms with Crippen molar-refractivity contribution in [3.05, 3.63) is 35.9 Å². The van der Waals surface area contributed by atoms with E-state index < -0.39 is 0 Å². The van der Waals surface area contributed by atoms with Crippen molar-refractivity contribution in [2.24, 2.45) is 0 Å². The SMILES string of the molecule is CC(=O)OC[C@@H](CO)c1ccccc1. The summed E-state index contributed by atoms with van der Waals surface area (Å²) in [6, 6.07) is 9.51. The van der Waals surface area contributed by atoms with Crippen LogP contribution in [0.1, 0.15) is 18.4 Å². The Morgan fingerprint density at radius 1 is 1.43 bits per heavy atom. The van der Waals surface area contributed by atoms with Crippen LogP contribution in [0.4, 0.5) is 0 Å². The molecule has 1 aromatic rings. The van der Waals surface area contributed by atoms with Crippen LogP contribution in [0.3, 0.4) is 0 Å². The van der Waals surface area contributed by atoms with E-state index in [2.05, 4.69) is 0 Å². The summed E-state index contributed by atoms with van der Waals surface area (Å²) < 4.78 is 4.85. The minimum atomic E-state index is -0.320. The Morgan fingerprint density at radius 2 is 2.07 bits per heavy atom. The number of carbonyl (C=O) groups is 1. The summed E-state index contributed by atoms with van der Waals surface area (Å²) >= 11 is 0. The second-order valence-corrected chi connectivity index (χ2v) is 3.09. The molecular weight excluding hydrogens is 180 g/mol. The van der Waals surface area contributed by atoms with Crippen LogP contribution < -0.4 is 0 Å². The number of hydrogen-bond acceptors (Lipinski definition) is 3. The Labute approximate surface area is 83.3 Å². The van der Waals surface area contributed by atoms with Crippen LogP contribution in [-0.2, 0) is 9.53 Å². The van der Waals surface area contributed by atoms with Gasteiger partial charge in [0.25, 0.3) is 0 Å². The molecule has 0 unspecified atom stereocenters. The molecule has 3 nitrogen and oxygen atoms in total. The first kappa shape index (κ1) is 10.7. The van der Waals surface area contributed by atoms with Crippen LogP contribution in [0.15, 0.2) is 30.3 Å². The molecule has 0 saturated carbocycles. The number of aliphatic hydroxyl groups is 1. The molecule has 1 rings (SSSR count). The van der Waals surface area contributed by atoms with Crippen molar-refractivity contribution in [2.45, 2.75) is 12.8 Å². The van der Waals surface area contributed by atoms with Gasteiger partial charge in [0.2, 0.25) is 0 Å². The lowest BCUT2D eigenvalue weighted by atomic mass is 10.0. The van der Waals surface area contributed by atoms with Gasteiger partial charge in [-0.1, -0.05) is 30.3 Å². The molecule has 0 aromatic heterocycles. The first-order chi connectivity index (χ1) is 6.74. The van der Waals surface area contributed by atoms with Crippen LogP contribution in [0.5, 0.6) is 0 Å². The molecule has 0 bridgehead atoms. The van der Waals surface area contributed by atoms with Gasteiger partial charge in [0.1, 0.15) is 6.61 Å². The molecule has 0 aliphatic carbocycles. The average Bonchev–Trinajstić information content (AvgIpc) is 2.20. The summed E-state index contributed by atoms with van der Waals surface area (Å²) in [5, 5.41) is 9.10. The van der Waals surface area contributed by atoms with E-state index in [0.29, 0.717) is 0 Å². The number of esters is 1. The van der Waals surface area contributed by atoms with E-state index in [1.165, 1.54) is 6.92 Å². The largest absolute Gasteiger partial charge is 0.465 e. The molecule has 1 atom stereocenters. The maximum absolute atomic E-state index is 10.6. The van der Waals surface area contributed by atoms with Gasteiger partial charge >= 0.3 is 5.97 Å². The van der Waals surface area contributed by atoms with Gasteiger partial charge in [-0.3, -0.25) is 4.79 Å². The summed E-state index contributed by atoms with van der Waals surface area (Å²) in [6.07, 6.45) is 0. The summed E-state index contributed by atoms with van der Waals surface area (Å²) in [7, 11) is 0. The van der Waals surface area contributed by atoms with Gasteiger partial charge in [-0.2, -0.15) is 0 Å². The number of hydrogen-bond donors (Lipinski definition) is 1. The van der Waals surface area contributed by atoms with E-state index >= 15 is 0 Å². The van der Waals surface area contributed by atoms with Crippen molar-refractivity contribution < 1.29 is 14.6 Å². The monoisotopic (exact) mass is 194 g/mol. The summed E-state index contributed by atoms with van der Waals surface area (Å²) in [4.78, 5) is 10.6. The third kappa shape index (κ3) is 3.18. The summed E-state index contributed by atoms with van der Waals surface area (Å²) in [5.41, 5.74) is 0.983. The van der Waals surface area contributed by atoms with E-state index in [-0.39, 0.29) is 25.1 Å². The predicted molar refractivity (Wildman–Crippen MR) is 52.9 cm³/mol. The maximum atomic E-state index is 10.6. The van der Waals surface area contributed by atoms with Crippen LogP contribution in [0.25, 0.3) is 0 Å². The highest BCUT2D eigenvalue weighted by Gasteiger charge is 2.11. The molecule has 1 aromatic carbocycles. The first-order valence-corrected chi connectivity index (χ1v) is 4.53. The molecule has 1 N–H and O–H groups in total. The van der Waals surface area contributed by atoms with E-state index in [1.54, 1.807) is 0 Å². The summed E-state index contributed by atoms with van der Waals surface area (Å²) in [6.45, 7) is 1.58. The van der Waals surface area contributed by atoms with Gasteiger partial charge in [0.05, 0.1) is 6.61 Å². The lowest BCUT2D eigenvalue weighted by Crippen LogP contribution is -2.14. The van der Waals surface area contributed by atoms with Gasteiger partial charge in [0.15, 0.2) is 0 Å². The number of rotatable bonds is 4. The molecule has 3 heteroatoms. The van der Waals surface area contributed by atoms with Crippen molar-refractivity contribution >= 4 is 5.97 Å². The number of ether oxygens (including phenoxy) is 1. The highest BCUT2D eigenvalue weighted by atomic mass is 16.5. The fourth-order valence-electron chi connectivity index (χ4n) is 1.20. The molecule has 0 aliphatic heterocycles. The smallest absolute Gasteiger partial charge is 0.302 e. The third-order valence-electron chi connectivity index (χ3n) is 1.98. The van der Waals surface area contributed by atoms with E-state index in [0.717, 1.165) is 5.56 Å². The molecular formula is C11H14O3. The highest BCUT2D eigenvalue weighted by Crippen LogP contribution is 2.14. The Balaban J connectivity index is 2.58. The standard InChI is InChI=1S/C11H14O3/c1-9(13)14-8-11(7-12)10-5-3-2-4-6-10/h2-6,11-12H,7-8H2,1H3/t11-/m1/s1. The van der Waals surface area contributed by atoms with Crippen LogP contribution in [-0.4, -0.2) is 24.3 Å². The van der Waals surface area contributed by atoms with Crippen molar-refractivity contribution in [1.29, 1.82) is 0 Å². The molecule has 0 saturated heterocycles. The second-order valence-electron chi connectivity index (χ2n) is 3.09. The minimum absolute atomic E-state index is 0.0166. The molecule has 0 radical (unpaired) electrons. The molecule has 0 amide bonds.